The molecule has 0 atom stereocenters. The molecule has 5 nitrogen and oxygen atoms in total. The van der Waals surface area contributed by atoms with Crippen LogP contribution in [0.25, 0.3) is 0 Å². The van der Waals surface area contributed by atoms with Crippen LogP contribution in [0.1, 0.15) is 32.1 Å². The Morgan fingerprint density at radius 3 is 2.75 bits per heavy atom. The first-order valence-electron chi connectivity index (χ1n) is 7.62. The Labute approximate surface area is 121 Å². The molecule has 0 bridgehead atoms. The molecule has 1 aliphatic carbocycles. The zero-order valence-electron chi connectivity index (χ0n) is 12.6. The number of rotatable bonds is 6. The summed E-state index contributed by atoms with van der Waals surface area (Å²) in [5, 5.41) is 7.66. The fourth-order valence-electron chi connectivity index (χ4n) is 2.72. The second-order valence-corrected chi connectivity index (χ2v) is 5.88. The van der Waals surface area contributed by atoms with Gasteiger partial charge in [-0.15, -0.1) is 0 Å². The third-order valence-electron chi connectivity index (χ3n) is 4.03. The highest BCUT2D eigenvalue weighted by Gasteiger charge is 2.12. The van der Waals surface area contributed by atoms with Crippen LogP contribution in [0.5, 0.6) is 0 Å². The van der Waals surface area contributed by atoms with Crippen molar-refractivity contribution in [1.29, 1.82) is 0 Å². The molecule has 0 radical (unpaired) electrons. The minimum Gasteiger partial charge on any atom is -0.376 e. The second-order valence-electron chi connectivity index (χ2n) is 5.88. The smallest absolute Gasteiger partial charge is 0.268 e. The first-order valence-corrected chi connectivity index (χ1v) is 7.62. The summed E-state index contributed by atoms with van der Waals surface area (Å²) in [6.45, 7) is 2.52. The zero-order chi connectivity index (χ0) is 14.4. The number of hydrogen-bond donors (Lipinski definition) is 1. The van der Waals surface area contributed by atoms with Crippen molar-refractivity contribution in [2.45, 2.75) is 38.6 Å². The van der Waals surface area contributed by atoms with E-state index in [2.05, 4.69) is 10.4 Å². The van der Waals surface area contributed by atoms with E-state index in [1.165, 1.54) is 36.8 Å². The van der Waals surface area contributed by atoms with E-state index in [4.69, 9.17) is 0 Å². The molecule has 1 fully saturated rings. The summed E-state index contributed by atoms with van der Waals surface area (Å²) in [6, 6.07) is 1.63. The molecule has 1 saturated carbocycles. The SMILES string of the molecule is CN(C)c1cnn(CCNCC2CCCCC2)c(=O)c1. The van der Waals surface area contributed by atoms with Crippen LogP contribution in [0.4, 0.5) is 5.69 Å². The Bertz CT molecular complexity index is 463. The van der Waals surface area contributed by atoms with Crippen molar-refractivity contribution in [3.63, 3.8) is 0 Å². The monoisotopic (exact) mass is 278 g/mol. The summed E-state index contributed by atoms with van der Waals surface area (Å²) in [5.74, 6) is 0.824. The molecule has 5 heteroatoms. The molecule has 0 saturated heterocycles. The van der Waals surface area contributed by atoms with Crippen molar-refractivity contribution in [3.05, 3.63) is 22.6 Å². The van der Waals surface area contributed by atoms with Gasteiger partial charge in [0.15, 0.2) is 0 Å². The van der Waals surface area contributed by atoms with Crippen LogP contribution in [0.3, 0.4) is 0 Å². The van der Waals surface area contributed by atoms with E-state index < -0.39 is 0 Å². The van der Waals surface area contributed by atoms with Gasteiger partial charge in [0.25, 0.3) is 5.56 Å². The van der Waals surface area contributed by atoms with Gasteiger partial charge in [0.05, 0.1) is 18.4 Å². The summed E-state index contributed by atoms with van der Waals surface area (Å²) in [4.78, 5) is 13.8. The maximum Gasteiger partial charge on any atom is 0.268 e. The lowest BCUT2D eigenvalue weighted by Gasteiger charge is -2.21. The molecule has 1 aromatic heterocycles. The van der Waals surface area contributed by atoms with Crippen LogP contribution >= 0.6 is 0 Å². The molecular weight excluding hydrogens is 252 g/mol. The summed E-state index contributed by atoms with van der Waals surface area (Å²) in [7, 11) is 3.82. The minimum absolute atomic E-state index is 0.0318. The fourth-order valence-corrected chi connectivity index (χ4v) is 2.72. The summed E-state index contributed by atoms with van der Waals surface area (Å²) in [6.07, 6.45) is 8.58. The van der Waals surface area contributed by atoms with E-state index in [1.807, 2.05) is 19.0 Å². The van der Waals surface area contributed by atoms with Crippen molar-refractivity contribution in [1.82, 2.24) is 15.1 Å². The molecule has 1 N–H and O–H groups in total. The quantitative estimate of drug-likeness (QED) is 0.801. The van der Waals surface area contributed by atoms with Gasteiger partial charge < -0.3 is 10.2 Å². The standard InChI is InChI=1S/C15H26N4O/c1-18(2)14-10-15(20)19(17-12-14)9-8-16-11-13-6-4-3-5-7-13/h10,12-13,16H,3-9,11H2,1-2H3. The first-order chi connectivity index (χ1) is 9.66. The number of nitrogens with zero attached hydrogens (tertiary/aromatic N) is 3. The largest absolute Gasteiger partial charge is 0.376 e. The Balaban J connectivity index is 1.75. The topological polar surface area (TPSA) is 50.2 Å². The van der Waals surface area contributed by atoms with Gasteiger partial charge in [-0.2, -0.15) is 5.10 Å². The fraction of sp³-hybridized carbons (Fsp3) is 0.733. The van der Waals surface area contributed by atoms with Gasteiger partial charge in [0, 0.05) is 26.7 Å². The summed E-state index contributed by atoms with van der Waals surface area (Å²) < 4.78 is 1.53. The van der Waals surface area contributed by atoms with Gasteiger partial charge in [0.2, 0.25) is 0 Å². The molecule has 0 unspecified atom stereocenters. The highest BCUT2D eigenvalue weighted by Crippen LogP contribution is 2.22. The molecule has 1 aromatic rings. The van der Waals surface area contributed by atoms with Gasteiger partial charge in [-0.05, 0) is 25.3 Å². The number of nitrogens with one attached hydrogen (secondary N) is 1. The average Bonchev–Trinajstić information content (AvgIpc) is 2.46. The predicted molar refractivity (Wildman–Crippen MR) is 82.3 cm³/mol. The normalized spacial score (nSPS) is 16.3. The summed E-state index contributed by atoms with van der Waals surface area (Å²) >= 11 is 0. The van der Waals surface area contributed by atoms with Gasteiger partial charge in [-0.3, -0.25) is 4.79 Å². The van der Waals surface area contributed by atoms with E-state index >= 15 is 0 Å². The average molecular weight is 278 g/mol. The second kappa shape index (κ2) is 7.43. The predicted octanol–water partition coefficient (Wildman–Crippen LogP) is 1.48. The van der Waals surface area contributed by atoms with Gasteiger partial charge in [-0.25, -0.2) is 4.68 Å². The van der Waals surface area contributed by atoms with E-state index in [9.17, 15) is 4.79 Å². The van der Waals surface area contributed by atoms with Crippen LogP contribution in [0.2, 0.25) is 0 Å². The number of aromatic nitrogens is 2. The van der Waals surface area contributed by atoms with Crippen molar-refractivity contribution in [2.24, 2.45) is 5.92 Å². The van der Waals surface area contributed by atoms with Gasteiger partial charge in [-0.1, -0.05) is 19.3 Å². The van der Waals surface area contributed by atoms with Crippen molar-refractivity contribution in [3.8, 4) is 0 Å². The van der Waals surface area contributed by atoms with E-state index in [0.29, 0.717) is 6.54 Å². The molecular formula is C15H26N4O. The Morgan fingerprint density at radius 2 is 2.10 bits per heavy atom. The van der Waals surface area contributed by atoms with Crippen molar-refractivity contribution < 1.29 is 0 Å². The Hall–Kier alpha value is -1.36. The highest BCUT2D eigenvalue weighted by molar-refractivity contribution is 5.40. The number of anilines is 1. The Morgan fingerprint density at radius 1 is 1.35 bits per heavy atom. The lowest BCUT2D eigenvalue weighted by molar-refractivity contribution is 0.339. The minimum atomic E-state index is -0.0318. The molecule has 2 rings (SSSR count). The third kappa shape index (κ3) is 4.34. The van der Waals surface area contributed by atoms with E-state index in [1.54, 1.807) is 12.3 Å². The molecule has 112 valence electrons. The molecule has 0 aliphatic heterocycles. The van der Waals surface area contributed by atoms with E-state index in [-0.39, 0.29) is 5.56 Å². The molecule has 0 amide bonds. The maximum atomic E-state index is 11.9. The first kappa shape index (κ1) is 15.0. The van der Waals surface area contributed by atoms with E-state index in [0.717, 1.165) is 24.7 Å². The van der Waals surface area contributed by atoms with Gasteiger partial charge >= 0.3 is 0 Å². The van der Waals surface area contributed by atoms with Gasteiger partial charge in [0.1, 0.15) is 0 Å². The third-order valence-corrected chi connectivity index (χ3v) is 4.03. The maximum absolute atomic E-state index is 11.9. The lowest BCUT2D eigenvalue weighted by atomic mass is 9.89. The summed E-state index contributed by atoms with van der Waals surface area (Å²) in [5.41, 5.74) is 0.817. The van der Waals surface area contributed by atoms with Crippen LogP contribution in [-0.4, -0.2) is 37.0 Å². The van der Waals surface area contributed by atoms with Crippen LogP contribution in [0.15, 0.2) is 17.1 Å². The van der Waals surface area contributed by atoms with Crippen LogP contribution in [0, 0.1) is 5.92 Å². The molecule has 1 heterocycles. The van der Waals surface area contributed by atoms with Crippen LogP contribution in [-0.2, 0) is 6.54 Å². The highest BCUT2D eigenvalue weighted by atomic mass is 16.1. The number of hydrogen-bond acceptors (Lipinski definition) is 4. The van der Waals surface area contributed by atoms with Crippen molar-refractivity contribution >= 4 is 5.69 Å². The molecule has 0 spiro atoms. The van der Waals surface area contributed by atoms with Crippen LogP contribution < -0.4 is 15.8 Å². The molecule has 0 aromatic carbocycles. The molecule has 1 aliphatic rings. The zero-order valence-corrected chi connectivity index (χ0v) is 12.6. The lowest BCUT2D eigenvalue weighted by Crippen LogP contribution is -2.32. The Kier molecular flexibility index (Phi) is 5.59. The molecule has 20 heavy (non-hydrogen) atoms. The van der Waals surface area contributed by atoms with Crippen molar-refractivity contribution in [2.75, 3.05) is 32.1 Å².